The number of aliphatic hydroxyl groups excluding tert-OH is 4. The monoisotopic (exact) mass is 472 g/mol. The molecule has 2 aliphatic rings. The zero-order valence-corrected chi connectivity index (χ0v) is 18.0. The van der Waals surface area contributed by atoms with Crippen molar-refractivity contribution < 1.29 is 43.8 Å². The van der Waals surface area contributed by atoms with E-state index in [2.05, 4.69) is 0 Å². The van der Waals surface area contributed by atoms with Crippen molar-refractivity contribution in [1.29, 1.82) is 0 Å². The number of benzene rings is 2. The Balaban J connectivity index is 1.35. The van der Waals surface area contributed by atoms with Gasteiger partial charge in [-0.25, -0.2) is 0 Å². The van der Waals surface area contributed by atoms with Crippen molar-refractivity contribution >= 4 is 11.0 Å². The maximum Gasteiger partial charge on any atom is 0.200 e. The largest absolute Gasteiger partial charge is 0.491 e. The number of hydrogen-bond acceptors (Lipinski definition) is 10. The molecule has 1 saturated heterocycles. The molecule has 3 aromatic rings. The van der Waals surface area contributed by atoms with Gasteiger partial charge in [-0.05, 0) is 29.8 Å². The van der Waals surface area contributed by atoms with Crippen LogP contribution in [-0.2, 0) is 4.74 Å². The Bertz CT molecular complexity index is 1240. The minimum atomic E-state index is -1.48. The van der Waals surface area contributed by atoms with Crippen LogP contribution in [0.5, 0.6) is 17.2 Å². The Labute approximate surface area is 193 Å². The Hall–Kier alpha value is -3.15. The van der Waals surface area contributed by atoms with Crippen molar-refractivity contribution in [3.63, 3.8) is 0 Å². The summed E-state index contributed by atoms with van der Waals surface area (Å²) in [5, 5.41) is 39.6. The van der Waals surface area contributed by atoms with E-state index >= 15 is 0 Å². The van der Waals surface area contributed by atoms with Gasteiger partial charge < -0.3 is 43.8 Å². The average molecular weight is 472 g/mol. The van der Waals surface area contributed by atoms with E-state index in [-0.39, 0.29) is 12.0 Å². The highest BCUT2D eigenvalue weighted by atomic mass is 16.6. The van der Waals surface area contributed by atoms with Gasteiger partial charge in [0, 0.05) is 6.07 Å². The minimum Gasteiger partial charge on any atom is -0.491 e. The van der Waals surface area contributed by atoms with Crippen LogP contribution in [0.15, 0.2) is 51.9 Å². The second-order valence-electron chi connectivity index (χ2n) is 8.17. The van der Waals surface area contributed by atoms with Gasteiger partial charge in [-0.2, -0.15) is 0 Å². The number of fused-ring (bicyclic) bond motifs is 2. The van der Waals surface area contributed by atoms with Crippen molar-refractivity contribution in [1.82, 2.24) is 0 Å². The molecule has 10 heteroatoms. The Morgan fingerprint density at radius 1 is 0.912 bits per heavy atom. The predicted octanol–water partition coefficient (Wildman–Crippen LogP) is 0.452. The first kappa shape index (κ1) is 22.6. The highest BCUT2D eigenvalue weighted by molar-refractivity contribution is 5.83. The van der Waals surface area contributed by atoms with Crippen LogP contribution >= 0.6 is 0 Å². The molecule has 1 fully saturated rings. The van der Waals surface area contributed by atoms with Gasteiger partial charge >= 0.3 is 0 Å². The molecule has 34 heavy (non-hydrogen) atoms. The lowest BCUT2D eigenvalue weighted by atomic mass is 9.95. The first-order chi connectivity index (χ1) is 16.5. The summed E-state index contributed by atoms with van der Waals surface area (Å²) in [7, 11) is 0. The second-order valence-corrected chi connectivity index (χ2v) is 8.17. The second kappa shape index (κ2) is 9.24. The quantitative estimate of drug-likeness (QED) is 0.413. The molecule has 0 radical (unpaired) electrons. The first-order valence-electron chi connectivity index (χ1n) is 10.8. The predicted molar refractivity (Wildman–Crippen MR) is 118 cm³/mol. The molecular formula is C24H24O10. The molecule has 0 amide bonds. The smallest absolute Gasteiger partial charge is 0.200 e. The fourth-order valence-electron chi connectivity index (χ4n) is 4.10. The van der Waals surface area contributed by atoms with E-state index in [1.54, 1.807) is 30.3 Å². The van der Waals surface area contributed by atoms with Crippen LogP contribution in [0.1, 0.15) is 0 Å². The van der Waals surface area contributed by atoms with Crippen LogP contribution < -0.4 is 19.6 Å². The number of rotatable bonds is 5. The van der Waals surface area contributed by atoms with E-state index in [9.17, 15) is 25.2 Å². The molecule has 0 bridgehead atoms. The molecule has 4 N–H and O–H groups in total. The Kier molecular flexibility index (Phi) is 6.15. The van der Waals surface area contributed by atoms with Gasteiger partial charge in [0.15, 0.2) is 16.9 Å². The topological polar surface area (TPSA) is 148 Å². The summed E-state index contributed by atoms with van der Waals surface area (Å²) in [6, 6.07) is 9.95. The van der Waals surface area contributed by atoms with Crippen LogP contribution in [0.2, 0.25) is 0 Å². The van der Waals surface area contributed by atoms with Gasteiger partial charge in [0.25, 0.3) is 0 Å². The van der Waals surface area contributed by atoms with Crippen molar-refractivity contribution in [2.24, 2.45) is 0 Å². The minimum absolute atomic E-state index is 0.160. The van der Waals surface area contributed by atoms with Crippen LogP contribution in [0.4, 0.5) is 0 Å². The van der Waals surface area contributed by atoms with E-state index in [0.717, 1.165) is 0 Å². The van der Waals surface area contributed by atoms with Crippen LogP contribution in [0, 0.1) is 0 Å². The summed E-state index contributed by atoms with van der Waals surface area (Å²) in [6.45, 7) is 0.237. The summed E-state index contributed by atoms with van der Waals surface area (Å²) in [5.74, 6) is 1.54. The fraction of sp³-hybridized carbons (Fsp3) is 0.375. The molecule has 5 atom stereocenters. The summed E-state index contributed by atoms with van der Waals surface area (Å²) in [6.07, 6.45) is -4.93. The van der Waals surface area contributed by atoms with E-state index in [1.807, 2.05) is 0 Å². The van der Waals surface area contributed by atoms with E-state index in [0.29, 0.717) is 52.6 Å². The molecular weight excluding hydrogens is 448 g/mol. The third-order valence-electron chi connectivity index (χ3n) is 6.00. The normalized spacial score (nSPS) is 26.4. The van der Waals surface area contributed by atoms with Crippen LogP contribution in [0.25, 0.3) is 22.1 Å². The lowest BCUT2D eigenvalue weighted by Gasteiger charge is -2.39. The van der Waals surface area contributed by atoms with E-state index in [1.165, 1.54) is 12.3 Å². The lowest BCUT2D eigenvalue weighted by molar-refractivity contribution is -0.234. The van der Waals surface area contributed by atoms with Gasteiger partial charge in [0.05, 0.1) is 17.6 Å². The number of aliphatic hydroxyl groups is 4. The molecule has 0 aliphatic carbocycles. The molecule has 3 heterocycles. The molecule has 5 unspecified atom stereocenters. The molecule has 10 nitrogen and oxygen atoms in total. The fourth-order valence-corrected chi connectivity index (χ4v) is 4.10. The van der Waals surface area contributed by atoms with Gasteiger partial charge in [0.2, 0.25) is 0 Å². The van der Waals surface area contributed by atoms with E-state index in [4.69, 9.17) is 23.4 Å². The third-order valence-corrected chi connectivity index (χ3v) is 6.00. The standard InChI is InChI=1S/C24H24O10/c25-9-19-22(27)24(29)23(28)20(34-19)11-32-13-2-3-14-17(8-13)33-10-15(21(14)26)12-1-4-16-18(7-12)31-6-5-30-16/h1-4,7-8,10,19-20,22-25,27-29H,5-6,9,11H2. The zero-order chi connectivity index (χ0) is 23.8. The summed E-state index contributed by atoms with van der Waals surface area (Å²) < 4.78 is 27.9. The zero-order valence-electron chi connectivity index (χ0n) is 18.0. The Morgan fingerprint density at radius 3 is 2.47 bits per heavy atom. The number of ether oxygens (including phenoxy) is 4. The highest BCUT2D eigenvalue weighted by Gasteiger charge is 2.43. The summed E-state index contributed by atoms with van der Waals surface area (Å²) in [5.41, 5.74) is 1.10. The maximum atomic E-state index is 13.1. The van der Waals surface area contributed by atoms with Crippen LogP contribution in [0.3, 0.4) is 0 Å². The van der Waals surface area contributed by atoms with Crippen molar-refractivity contribution in [3.8, 4) is 28.4 Å². The van der Waals surface area contributed by atoms with Gasteiger partial charge in [-0.1, -0.05) is 6.07 Å². The highest BCUT2D eigenvalue weighted by Crippen LogP contribution is 2.34. The third kappa shape index (κ3) is 4.10. The summed E-state index contributed by atoms with van der Waals surface area (Å²) >= 11 is 0. The van der Waals surface area contributed by atoms with Crippen molar-refractivity contribution in [3.05, 3.63) is 52.9 Å². The molecule has 0 spiro atoms. The van der Waals surface area contributed by atoms with E-state index < -0.39 is 37.1 Å². The molecule has 2 aromatic carbocycles. The van der Waals surface area contributed by atoms with Gasteiger partial charge in [-0.15, -0.1) is 0 Å². The Morgan fingerprint density at radius 2 is 1.68 bits per heavy atom. The molecule has 180 valence electrons. The van der Waals surface area contributed by atoms with Gasteiger partial charge in [-0.3, -0.25) is 4.79 Å². The first-order valence-corrected chi connectivity index (χ1v) is 10.8. The molecule has 5 rings (SSSR count). The van der Waals surface area contributed by atoms with Gasteiger partial charge in [0.1, 0.15) is 67.9 Å². The van der Waals surface area contributed by atoms with Crippen molar-refractivity contribution in [2.75, 3.05) is 26.4 Å². The molecule has 2 aliphatic heterocycles. The molecule has 1 aromatic heterocycles. The van der Waals surface area contributed by atoms with Crippen molar-refractivity contribution in [2.45, 2.75) is 30.5 Å². The lowest BCUT2D eigenvalue weighted by Crippen LogP contribution is -2.59. The average Bonchev–Trinajstić information content (AvgIpc) is 2.87. The maximum absolute atomic E-state index is 13.1. The SMILES string of the molecule is O=c1c(-c2ccc3c(c2)OCCO3)coc2cc(OCC3OC(CO)C(O)C(O)C3O)ccc12. The number of hydrogen-bond donors (Lipinski definition) is 4. The molecule has 0 saturated carbocycles. The summed E-state index contributed by atoms with van der Waals surface area (Å²) in [4.78, 5) is 13.1. The van der Waals surface area contributed by atoms with Crippen LogP contribution in [-0.4, -0.2) is 77.4 Å².